The Kier molecular flexibility index (Phi) is 11.0. The van der Waals surface area contributed by atoms with Gasteiger partial charge in [-0.1, -0.05) is 17.7 Å². The second-order valence-corrected chi connectivity index (χ2v) is 7.39. The topological polar surface area (TPSA) is 78.8 Å². The summed E-state index contributed by atoms with van der Waals surface area (Å²) in [6.07, 6.45) is -3.73. The number of pyridine rings is 1. The lowest BCUT2D eigenvalue weighted by atomic mass is 10.3. The summed E-state index contributed by atoms with van der Waals surface area (Å²) in [7, 11) is 0. The third-order valence-electron chi connectivity index (χ3n) is 3.33. The summed E-state index contributed by atoms with van der Waals surface area (Å²) >= 11 is 7.17. The van der Waals surface area contributed by atoms with Gasteiger partial charge in [-0.3, -0.25) is 0 Å². The largest absolute Gasteiger partial charge is 0.468 e. The average molecular weight is 565 g/mol. The number of aromatic nitrogens is 1. The van der Waals surface area contributed by atoms with Crippen molar-refractivity contribution in [1.29, 1.82) is 0 Å². The van der Waals surface area contributed by atoms with Crippen LogP contribution < -0.4 is 15.4 Å². The Bertz CT molecular complexity index is 775. The van der Waals surface area contributed by atoms with Crippen molar-refractivity contribution in [3.63, 3.8) is 0 Å². The van der Waals surface area contributed by atoms with Gasteiger partial charge in [0.2, 0.25) is 5.88 Å². The lowest BCUT2D eigenvalue weighted by molar-refractivity contribution is -0.154. The fraction of sp³-hybridized carbons (Fsp3) is 0.412. The zero-order valence-corrected chi connectivity index (χ0v) is 19.3. The molecule has 0 radical (unpaired) electrons. The molecule has 0 saturated carbocycles. The molecule has 3 N–H and O–H groups in total. The first-order valence-corrected chi connectivity index (χ1v) is 9.56. The van der Waals surface area contributed by atoms with Crippen LogP contribution in [-0.4, -0.2) is 41.9 Å². The minimum atomic E-state index is -4.41. The van der Waals surface area contributed by atoms with Gasteiger partial charge in [0.05, 0.1) is 10.9 Å². The van der Waals surface area contributed by atoms with Crippen LogP contribution in [0.1, 0.15) is 23.5 Å². The number of rotatable bonds is 8. The molecule has 0 aliphatic carbocycles. The molecule has 0 fully saturated rings. The zero-order chi connectivity index (χ0) is 20.6. The monoisotopic (exact) mass is 564 g/mol. The minimum absolute atomic E-state index is 0. The molecule has 6 nitrogen and oxygen atoms in total. The Labute approximate surface area is 192 Å². The Morgan fingerprint density at radius 3 is 2.62 bits per heavy atom. The van der Waals surface area contributed by atoms with Crippen LogP contribution in [0.15, 0.2) is 35.5 Å². The molecule has 2 rings (SSSR count). The molecule has 162 valence electrons. The van der Waals surface area contributed by atoms with Crippen LogP contribution in [0, 0.1) is 0 Å². The molecule has 12 heteroatoms. The lowest BCUT2D eigenvalue weighted by Crippen LogP contribution is -2.39. The van der Waals surface area contributed by atoms with Crippen LogP contribution in [0.25, 0.3) is 0 Å². The highest BCUT2D eigenvalue weighted by Gasteiger charge is 2.28. The number of aliphatic imine (C=N–C) groups is 1. The zero-order valence-electron chi connectivity index (χ0n) is 15.4. The maximum atomic E-state index is 12.1. The lowest BCUT2D eigenvalue weighted by Gasteiger charge is -2.14. The van der Waals surface area contributed by atoms with E-state index in [1.165, 1.54) is 23.6 Å². The van der Waals surface area contributed by atoms with Gasteiger partial charge in [0.1, 0.15) is 6.10 Å². The number of aliphatic hydroxyl groups is 1. The van der Waals surface area contributed by atoms with E-state index in [9.17, 15) is 18.3 Å². The maximum Gasteiger partial charge on any atom is 0.422 e. The Morgan fingerprint density at radius 1 is 1.31 bits per heavy atom. The normalized spacial score (nSPS) is 12.8. The quantitative estimate of drug-likeness (QED) is 0.255. The summed E-state index contributed by atoms with van der Waals surface area (Å²) < 4.78 is 41.6. The first kappa shape index (κ1) is 25.7. The first-order valence-electron chi connectivity index (χ1n) is 8.37. The molecule has 1 unspecified atom stereocenters. The van der Waals surface area contributed by atoms with Crippen LogP contribution >= 0.6 is 46.9 Å². The molecule has 2 aromatic heterocycles. The van der Waals surface area contributed by atoms with E-state index >= 15 is 0 Å². The van der Waals surface area contributed by atoms with Gasteiger partial charge >= 0.3 is 6.18 Å². The number of hydrogen-bond acceptors (Lipinski definition) is 5. The first-order chi connectivity index (χ1) is 13.3. The highest BCUT2D eigenvalue weighted by molar-refractivity contribution is 14.0. The summed E-state index contributed by atoms with van der Waals surface area (Å²) in [5.74, 6) is 0.384. The molecule has 29 heavy (non-hydrogen) atoms. The number of nitrogens with zero attached hydrogens (tertiary/aromatic N) is 2. The molecule has 0 aliphatic rings. The molecule has 1 atom stereocenters. The van der Waals surface area contributed by atoms with Gasteiger partial charge in [0, 0.05) is 30.2 Å². The number of nitrogens with one attached hydrogen (secondary N) is 2. The fourth-order valence-corrected chi connectivity index (χ4v) is 3.11. The number of ether oxygens (including phenoxy) is 1. The number of alkyl halides is 3. The van der Waals surface area contributed by atoms with E-state index in [-0.39, 0.29) is 42.9 Å². The van der Waals surface area contributed by atoms with E-state index in [0.29, 0.717) is 22.4 Å². The minimum Gasteiger partial charge on any atom is -0.468 e. The van der Waals surface area contributed by atoms with E-state index in [4.69, 9.17) is 11.6 Å². The Hall–Kier alpha value is -1.31. The van der Waals surface area contributed by atoms with Crippen LogP contribution in [0.3, 0.4) is 0 Å². The molecular formula is C17H21ClF3IN4O2S. The third-order valence-corrected chi connectivity index (χ3v) is 4.66. The summed E-state index contributed by atoms with van der Waals surface area (Å²) in [5, 5.41) is 16.3. The Morgan fingerprint density at radius 2 is 2.07 bits per heavy atom. The molecule has 2 aromatic rings. The van der Waals surface area contributed by atoms with Gasteiger partial charge < -0.3 is 20.5 Å². The number of thiophene rings is 1. The van der Waals surface area contributed by atoms with Crippen LogP contribution in [0.5, 0.6) is 5.88 Å². The van der Waals surface area contributed by atoms with Crippen molar-refractivity contribution in [2.24, 2.45) is 4.99 Å². The molecule has 0 aromatic carbocycles. The SMILES string of the molecule is CCNC(=NCc1ccc(OCC(F)(F)F)nc1)NCC(O)c1ccc(Cl)s1.I. The fourth-order valence-electron chi connectivity index (χ4n) is 2.06. The van der Waals surface area contributed by atoms with Crippen molar-refractivity contribution in [2.75, 3.05) is 19.7 Å². The summed E-state index contributed by atoms with van der Waals surface area (Å²) in [6, 6.07) is 6.44. The van der Waals surface area contributed by atoms with Crippen molar-refractivity contribution < 1.29 is 23.0 Å². The van der Waals surface area contributed by atoms with Crippen molar-refractivity contribution in [3.8, 4) is 5.88 Å². The Balaban J connectivity index is 0.00000420. The van der Waals surface area contributed by atoms with Crippen molar-refractivity contribution in [1.82, 2.24) is 15.6 Å². The van der Waals surface area contributed by atoms with Crippen molar-refractivity contribution >= 4 is 52.9 Å². The molecule has 0 aliphatic heterocycles. The molecular weight excluding hydrogens is 544 g/mol. The number of guanidine groups is 1. The molecule has 0 amide bonds. The second kappa shape index (κ2) is 12.4. The van der Waals surface area contributed by atoms with Gasteiger partial charge in [-0.2, -0.15) is 13.2 Å². The number of aliphatic hydroxyl groups excluding tert-OH is 1. The predicted molar refractivity (Wildman–Crippen MR) is 118 cm³/mol. The number of hydrogen-bond donors (Lipinski definition) is 3. The third kappa shape index (κ3) is 9.83. The standard InChI is InChI=1S/C17H20ClF3N4O2S.HI/c1-2-22-16(25-9-12(26)13-4-5-14(18)28-13)24-8-11-3-6-15(23-7-11)27-10-17(19,20)21;/h3-7,12,26H,2,8-10H2,1H3,(H2,22,24,25);1H. The predicted octanol–water partition coefficient (Wildman–Crippen LogP) is 4.14. The molecule has 2 heterocycles. The van der Waals surface area contributed by atoms with Gasteiger partial charge in [-0.15, -0.1) is 35.3 Å². The average Bonchev–Trinajstić information content (AvgIpc) is 3.09. The van der Waals surface area contributed by atoms with E-state index in [1.807, 2.05) is 6.92 Å². The summed E-state index contributed by atoms with van der Waals surface area (Å²) in [6.45, 7) is 1.63. The summed E-state index contributed by atoms with van der Waals surface area (Å²) in [4.78, 5) is 8.95. The molecule has 0 saturated heterocycles. The van der Waals surface area contributed by atoms with E-state index in [0.717, 1.165) is 4.88 Å². The van der Waals surface area contributed by atoms with Crippen LogP contribution in [-0.2, 0) is 6.54 Å². The van der Waals surface area contributed by atoms with Gasteiger partial charge in [-0.25, -0.2) is 9.98 Å². The van der Waals surface area contributed by atoms with E-state index in [2.05, 4.69) is 25.3 Å². The molecule has 0 bridgehead atoms. The van der Waals surface area contributed by atoms with Crippen LogP contribution in [0.2, 0.25) is 4.34 Å². The van der Waals surface area contributed by atoms with Gasteiger partial charge in [0.15, 0.2) is 12.6 Å². The number of halogens is 5. The van der Waals surface area contributed by atoms with E-state index in [1.54, 1.807) is 18.2 Å². The highest BCUT2D eigenvalue weighted by Crippen LogP contribution is 2.26. The molecule has 0 spiro atoms. The van der Waals surface area contributed by atoms with Gasteiger partial charge in [-0.05, 0) is 24.6 Å². The summed E-state index contributed by atoms with van der Waals surface area (Å²) in [5.41, 5.74) is 0.696. The highest BCUT2D eigenvalue weighted by atomic mass is 127. The van der Waals surface area contributed by atoms with E-state index < -0.39 is 18.9 Å². The van der Waals surface area contributed by atoms with Crippen LogP contribution in [0.4, 0.5) is 13.2 Å². The van der Waals surface area contributed by atoms with Crippen molar-refractivity contribution in [3.05, 3.63) is 45.2 Å². The van der Waals surface area contributed by atoms with Crippen molar-refractivity contribution in [2.45, 2.75) is 25.7 Å². The van der Waals surface area contributed by atoms with Gasteiger partial charge in [0.25, 0.3) is 0 Å². The second-order valence-electron chi connectivity index (χ2n) is 5.64. The smallest absolute Gasteiger partial charge is 0.422 e. The maximum absolute atomic E-state index is 12.1.